The molecule has 2 amide bonds. The van der Waals surface area contributed by atoms with Gasteiger partial charge in [-0.1, -0.05) is 16.9 Å². The van der Waals surface area contributed by atoms with Crippen LogP contribution >= 0.6 is 34.9 Å². The minimum Gasteiger partial charge on any atom is -0.478 e. The number of thioether (sulfide) groups is 2. The monoisotopic (exact) mass is 606 g/mol. The fourth-order valence-electron chi connectivity index (χ4n) is 3.84. The number of aliphatic carboxylic acids is 1. The molecule has 3 aromatic rings. The summed E-state index contributed by atoms with van der Waals surface area (Å²) in [5.41, 5.74) is 5.69. The van der Waals surface area contributed by atoms with E-state index in [0.717, 1.165) is 32.6 Å². The lowest BCUT2D eigenvalue weighted by Gasteiger charge is -2.49. The number of hydrogen-bond acceptors (Lipinski definition) is 15. The van der Waals surface area contributed by atoms with Gasteiger partial charge in [0.1, 0.15) is 40.0 Å². The molecule has 17 nitrogen and oxygen atoms in total. The zero-order chi connectivity index (χ0) is 28.6. The van der Waals surface area contributed by atoms with E-state index < -0.39 is 35.2 Å². The molecule has 40 heavy (non-hydrogen) atoms. The third-order valence-corrected chi connectivity index (χ3v) is 8.58. The Balaban J connectivity index is 1.33. The molecule has 1 saturated heterocycles. The van der Waals surface area contributed by atoms with Crippen molar-refractivity contribution in [3.8, 4) is 0 Å². The number of thiazole rings is 1. The van der Waals surface area contributed by atoms with Crippen molar-refractivity contribution >= 4 is 75.1 Å². The quantitative estimate of drug-likeness (QED) is 0.0986. The largest absolute Gasteiger partial charge is 0.478 e. The zero-order valence-electron chi connectivity index (χ0n) is 20.2. The van der Waals surface area contributed by atoms with Gasteiger partial charge in [-0.2, -0.15) is 0 Å². The Morgan fingerprint density at radius 1 is 1.32 bits per heavy atom. The highest BCUT2D eigenvalue weighted by Crippen LogP contribution is 2.41. The highest BCUT2D eigenvalue weighted by molar-refractivity contribution is 8.01. The van der Waals surface area contributed by atoms with Gasteiger partial charge in [-0.3, -0.25) is 14.5 Å². The first-order valence-corrected chi connectivity index (χ1v) is 14.2. The standard InChI is InChI=1S/C20H18N10O7S3/c1-2-37-26-11(9-6-40-20(21)22-9)15(31)23-12-16(32)29-13(19(35)36)7(5-39-17(12)29)4-38-10-3-8(18(33)34)14-24-27-28-30(14)25-10/h3,6,12,17H,2,4-5H2,1H3,(H2,21,22)(H,23,31)(H,33,34)(H,35,36)/t12?,17-/m0/s1. The molecular formula is C20H18N10O7S3. The van der Waals surface area contributed by atoms with E-state index in [1.165, 1.54) is 23.2 Å². The van der Waals surface area contributed by atoms with E-state index in [9.17, 15) is 29.4 Å². The maximum absolute atomic E-state index is 13.1. The molecule has 20 heteroatoms. The Labute approximate surface area is 235 Å². The molecule has 2 aliphatic rings. The molecule has 1 fully saturated rings. The Bertz CT molecular complexity index is 1600. The van der Waals surface area contributed by atoms with E-state index in [1.807, 2.05) is 0 Å². The summed E-state index contributed by atoms with van der Waals surface area (Å²) in [6.45, 7) is 1.87. The van der Waals surface area contributed by atoms with Crippen LogP contribution in [0.5, 0.6) is 0 Å². The summed E-state index contributed by atoms with van der Waals surface area (Å²) in [5, 5.41) is 41.9. The Morgan fingerprint density at radius 2 is 2.12 bits per heavy atom. The summed E-state index contributed by atoms with van der Waals surface area (Å²) >= 11 is 3.45. The fraction of sp³-hybridized carbons (Fsp3) is 0.300. The van der Waals surface area contributed by atoms with E-state index in [0.29, 0.717) is 5.57 Å². The minimum atomic E-state index is -1.31. The van der Waals surface area contributed by atoms with Crippen LogP contribution in [0.25, 0.3) is 5.65 Å². The first kappa shape index (κ1) is 27.3. The number of carbonyl (C=O) groups excluding carboxylic acids is 2. The number of anilines is 1. The first-order valence-electron chi connectivity index (χ1n) is 11.3. The summed E-state index contributed by atoms with van der Waals surface area (Å²) in [6.07, 6.45) is 0. The van der Waals surface area contributed by atoms with Gasteiger partial charge in [-0.05, 0) is 29.0 Å². The van der Waals surface area contributed by atoms with Crippen LogP contribution < -0.4 is 11.1 Å². The third-order valence-electron chi connectivity index (χ3n) is 5.58. The number of nitrogens with two attached hydrogens (primary N) is 1. The number of β-lactam (4-membered cyclic amide) rings is 1. The number of nitrogens with zero attached hydrogens (tertiary/aromatic N) is 8. The van der Waals surface area contributed by atoms with E-state index in [1.54, 1.807) is 6.92 Å². The van der Waals surface area contributed by atoms with Gasteiger partial charge in [0.15, 0.2) is 10.8 Å². The molecule has 5 rings (SSSR count). The molecule has 3 aromatic heterocycles. The number of oxime groups is 1. The maximum Gasteiger partial charge on any atom is 0.352 e. The number of aromatic nitrogens is 6. The molecule has 208 valence electrons. The van der Waals surface area contributed by atoms with Gasteiger partial charge in [0.05, 0.1) is 0 Å². The molecule has 2 atom stereocenters. The van der Waals surface area contributed by atoms with Gasteiger partial charge in [0.25, 0.3) is 11.8 Å². The lowest BCUT2D eigenvalue weighted by Crippen LogP contribution is -2.71. The van der Waals surface area contributed by atoms with Gasteiger partial charge in [0.2, 0.25) is 5.65 Å². The van der Waals surface area contributed by atoms with Crippen molar-refractivity contribution in [3.63, 3.8) is 0 Å². The van der Waals surface area contributed by atoms with Crippen LogP contribution in [0.1, 0.15) is 23.0 Å². The van der Waals surface area contributed by atoms with Crippen LogP contribution in [0, 0.1) is 0 Å². The molecule has 2 aliphatic heterocycles. The third kappa shape index (κ3) is 5.02. The van der Waals surface area contributed by atoms with Crippen molar-refractivity contribution in [2.45, 2.75) is 23.4 Å². The number of nitrogens with one attached hydrogen (secondary N) is 1. The van der Waals surface area contributed by atoms with Crippen LogP contribution in [0.3, 0.4) is 0 Å². The van der Waals surface area contributed by atoms with Crippen molar-refractivity contribution in [2.75, 3.05) is 23.8 Å². The highest BCUT2D eigenvalue weighted by Gasteiger charge is 2.54. The second-order valence-electron chi connectivity index (χ2n) is 8.03. The van der Waals surface area contributed by atoms with Crippen LogP contribution in [-0.2, 0) is 19.2 Å². The van der Waals surface area contributed by atoms with Crippen molar-refractivity contribution in [3.05, 3.63) is 34.0 Å². The normalized spacial score (nSPS) is 18.9. The van der Waals surface area contributed by atoms with Gasteiger partial charge in [0, 0.05) is 16.9 Å². The molecule has 0 radical (unpaired) electrons. The summed E-state index contributed by atoms with van der Waals surface area (Å²) in [4.78, 5) is 60.0. The predicted octanol–water partition coefficient (Wildman–Crippen LogP) is -0.472. The lowest BCUT2D eigenvalue weighted by atomic mass is 10.0. The maximum atomic E-state index is 13.1. The summed E-state index contributed by atoms with van der Waals surface area (Å²) in [7, 11) is 0. The zero-order valence-corrected chi connectivity index (χ0v) is 22.7. The molecular weight excluding hydrogens is 588 g/mol. The van der Waals surface area contributed by atoms with Crippen molar-refractivity contribution in [2.24, 2.45) is 5.16 Å². The summed E-state index contributed by atoms with van der Waals surface area (Å²) in [5.74, 6) is -3.57. The van der Waals surface area contributed by atoms with E-state index in [2.05, 4.69) is 36.1 Å². The number of carboxylic acid groups (broad SMARTS) is 2. The van der Waals surface area contributed by atoms with Crippen LogP contribution in [0.4, 0.5) is 5.13 Å². The number of fused-ring (bicyclic) bond motifs is 2. The van der Waals surface area contributed by atoms with Gasteiger partial charge in [-0.15, -0.1) is 37.9 Å². The van der Waals surface area contributed by atoms with Gasteiger partial charge >= 0.3 is 11.9 Å². The number of carbonyl (C=O) groups is 4. The minimum absolute atomic E-state index is 0.0367. The first-order chi connectivity index (χ1) is 19.2. The van der Waals surface area contributed by atoms with Crippen molar-refractivity contribution in [1.82, 2.24) is 40.5 Å². The number of carboxylic acids is 2. The highest BCUT2D eigenvalue weighted by atomic mass is 32.2. The Kier molecular flexibility index (Phi) is 7.54. The number of amides is 2. The van der Waals surface area contributed by atoms with E-state index >= 15 is 0 Å². The molecule has 0 saturated carbocycles. The molecule has 1 unspecified atom stereocenters. The SMILES string of the molecule is CCON=C(C(=O)NC1C(=O)N2C(C(=O)O)=C(CSc3cc(C(=O)O)c4nnnn4n3)CS[C@@H]12)c1csc(N)n1. The topological polar surface area (TPSA) is 240 Å². The average Bonchev–Trinajstić information content (AvgIpc) is 3.58. The molecule has 5 heterocycles. The van der Waals surface area contributed by atoms with E-state index in [-0.39, 0.29) is 56.6 Å². The van der Waals surface area contributed by atoms with Crippen molar-refractivity contribution in [1.29, 1.82) is 0 Å². The fourth-order valence-corrected chi connectivity index (χ4v) is 6.76. The lowest BCUT2D eigenvalue weighted by molar-refractivity contribution is -0.150. The van der Waals surface area contributed by atoms with Gasteiger partial charge < -0.3 is 26.1 Å². The second kappa shape index (κ2) is 11.1. The van der Waals surface area contributed by atoms with Gasteiger partial charge in [-0.25, -0.2) is 14.6 Å². The average molecular weight is 607 g/mol. The second-order valence-corrected chi connectivity index (χ2v) is 11.0. The number of aromatic carboxylic acids is 1. The number of nitrogen functional groups attached to an aromatic ring is 1. The molecule has 0 aromatic carbocycles. The van der Waals surface area contributed by atoms with Crippen LogP contribution in [0.2, 0.25) is 0 Å². The molecule has 5 N–H and O–H groups in total. The summed E-state index contributed by atoms with van der Waals surface area (Å²) < 4.78 is 0.971. The molecule has 0 aliphatic carbocycles. The van der Waals surface area contributed by atoms with Crippen LogP contribution in [-0.4, -0.2) is 104 Å². The Morgan fingerprint density at radius 3 is 2.80 bits per heavy atom. The number of rotatable bonds is 10. The molecule has 0 bridgehead atoms. The van der Waals surface area contributed by atoms with Crippen LogP contribution in [0.15, 0.2) is 32.9 Å². The molecule has 0 spiro atoms. The number of tetrazole rings is 1. The summed E-state index contributed by atoms with van der Waals surface area (Å²) in [6, 6.07) is 0.279. The van der Waals surface area contributed by atoms with Crippen molar-refractivity contribution < 1.29 is 34.2 Å². The Hall–Kier alpha value is -4.30. The predicted molar refractivity (Wildman–Crippen MR) is 141 cm³/mol. The van der Waals surface area contributed by atoms with E-state index in [4.69, 9.17) is 10.6 Å². The number of hydrogen-bond donors (Lipinski definition) is 4. The smallest absolute Gasteiger partial charge is 0.352 e.